The smallest absolute Gasteiger partial charge is 0.190 e. The van der Waals surface area contributed by atoms with Crippen LogP contribution in [0.5, 0.6) is 5.75 Å². The van der Waals surface area contributed by atoms with Gasteiger partial charge in [-0.05, 0) is 43.6 Å². The quantitative estimate of drug-likeness (QED) is 0.898. The second-order valence-corrected chi connectivity index (χ2v) is 4.81. The Balaban J connectivity index is 2.29. The van der Waals surface area contributed by atoms with Gasteiger partial charge in [0.1, 0.15) is 0 Å². The monoisotopic (exact) mass is 256 g/mol. The molecule has 18 heavy (non-hydrogen) atoms. The summed E-state index contributed by atoms with van der Waals surface area (Å²) in [6, 6.07) is 2.72. The van der Waals surface area contributed by atoms with Gasteiger partial charge >= 0.3 is 0 Å². The lowest BCUT2D eigenvalue weighted by molar-refractivity contribution is 0.309. The maximum Gasteiger partial charge on any atom is 0.190 e. The van der Waals surface area contributed by atoms with Gasteiger partial charge in [-0.15, -0.1) is 0 Å². The zero-order chi connectivity index (χ0) is 13.3. The molecule has 1 saturated heterocycles. The van der Waals surface area contributed by atoms with Crippen molar-refractivity contribution in [2.24, 2.45) is 11.7 Å². The summed E-state index contributed by atoms with van der Waals surface area (Å²) in [6.45, 7) is 1.46. The van der Waals surface area contributed by atoms with E-state index < -0.39 is 11.6 Å². The average molecular weight is 256 g/mol. The zero-order valence-electron chi connectivity index (χ0n) is 10.6. The number of methoxy groups -OCH3 is 1. The zero-order valence-corrected chi connectivity index (χ0v) is 10.6. The number of nitrogens with zero attached hydrogens (tertiary/aromatic N) is 1. The summed E-state index contributed by atoms with van der Waals surface area (Å²) < 4.78 is 32.0. The van der Waals surface area contributed by atoms with E-state index in [-0.39, 0.29) is 11.8 Å². The Labute approximate surface area is 106 Å². The summed E-state index contributed by atoms with van der Waals surface area (Å²) in [7, 11) is 3.20. The molecule has 1 heterocycles. The highest BCUT2D eigenvalue weighted by Gasteiger charge is 2.30. The Morgan fingerprint density at radius 3 is 2.44 bits per heavy atom. The topological polar surface area (TPSA) is 38.5 Å². The number of nitrogens with two attached hydrogens (primary N) is 1. The van der Waals surface area contributed by atoms with Gasteiger partial charge in [0.2, 0.25) is 0 Å². The van der Waals surface area contributed by atoms with Gasteiger partial charge in [0, 0.05) is 12.6 Å². The molecule has 0 bridgehead atoms. The highest BCUT2D eigenvalue weighted by Crippen LogP contribution is 2.36. The van der Waals surface area contributed by atoms with Gasteiger partial charge in [-0.3, -0.25) is 4.90 Å². The third kappa shape index (κ3) is 2.33. The predicted octanol–water partition coefficient (Wildman–Crippen LogP) is 1.92. The summed E-state index contributed by atoms with van der Waals surface area (Å²) in [6.07, 6.45) is 0.832. The van der Waals surface area contributed by atoms with Gasteiger partial charge in [0.25, 0.3) is 0 Å². The molecule has 100 valence electrons. The number of rotatable bonds is 3. The van der Waals surface area contributed by atoms with Crippen LogP contribution in [-0.4, -0.2) is 32.1 Å². The van der Waals surface area contributed by atoms with Crippen molar-refractivity contribution in [3.8, 4) is 5.75 Å². The first kappa shape index (κ1) is 13.2. The summed E-state index contributed by atoms with van der Waals surface area (Å²) >= 11 is 0. The SMILES string of the molecule is COc1c(F)cc(C2CC(CN)CN2C)cc1F. The molecule has 2 N–H and O–H groups in total. The lowest BCUT2D eigenvalue weighted by Crippen LogP contribution is -2.20. The van der Waals surface area contributed by atoms with E-state index in [1.54, 1.807) is 0 Å². The maximum atomic E-state index is 13.7. The Morgan fingerprint density at radius 2 is 2.00 bits per heavy atom. The second-order valence-electron chi connectivity index (χ2n) is 4.81. The summed E-state index contributed by atoms with van der Waals surface area (Å²) in [5.74, 6) is -1.25. The average Bonchev–Trinajstić information content (AvgIpc) is 2.70. The molecule has 1 aromatic rings. The van der Waals surface area contributed by atoms with Crippen LogP contribution in [0, 0.1) is 17.6 Å². The molecule has 2 rings (SSSR count). The van der Waals surface area contributed by atoms with Crippen LogP contribution < -0.4 is 10.5 Å². The number of hydrogen-bond acceptors (Lipinski definition) is 3. The van der Waals surface area contributed by atoms with Crippen molar-refractivity contribution < 1.29 is 13.5 Å². The highest BCUT2D eigenvalue weighted by molar-refractivity contribution is 5.33. The molecule has 0 spiro atoms. The normalized spacial score (nSPS) is 24.5. The van der Waals surface area contributed by atoms with Crippen molar-refractivity contribution in [2.45, 2.75) is 12.5 Å². The van der Waals surface area contributed by atoms with Crippen LogP contribution in [0.15, 0.2) is 12.1 Å². The van der Waals surface area contributed by atoms with Crippen LogP contribution >= 0.6 is 0 Å². The van der Waals surface area contributed by atoms with Crippen molar-refractivity contribution in [1.29, 1.82) is 0 Å². The lowest BCUT2D eigenvalue weighted by Gasteiger charge is -2.20. The molecule has 5 heteroatoms. The van der Waals surface area contributed by atoms with Crippen molar-refractivity contribution in [1.82, 2.24) is 4.90 Å². The minimum Gasteiger partial charge on any atom is -0.491 e. The molecular weight excluding hydrogens is 238 g/mol. The van der Waals surface area contributed by atoms with Gasteiger partial charge in [-0.2, -0.15) is 0 Å². The van der Waals surface area contributed by atoms with E-state index in [1.165, 1.54) is 19.2 Å². The molecule has 1 fully saturated rings. The lowest BCUT2D eigenvalue weighted by atomic mass is 9.99. The Bertz CT molecular complexity index is 416. The van der Waals surface area contributed by atoms with Crippen LogP contribution in [0.3, 0.4) is 0 Å². The Morgan fingerprint density at radius 1 is 1.39 bits per heavy atom. The second kappa shape index (κ2) is 5.20. The minimum absolute atomic E-state index is 0.0217. The molecule has 0 amide bonds. The number of benzene rings is 1. The van der Waals surface area contributed by atoms with Gasteiger partial charge < -0.3 is 10.5 Å². The van der Waals surface area contributed by atoms with Gasteiger partial charge in [0.15, 0.2) is 17.4 Å². The van der Waals surface area contributed by atoms with Gasteiger partial charge in [-0.25, -0.2) is 8.78 Å². The molecule has 3 nitrogen and oxygen atoms in total. The molecule has 2 unspecified atom stereocenters. The van der Waals surface area contributed by atoms with E-state index in [1.807, 2.05) is 7.05 Å². The standard InChI is InChI=1S/C13H18F2N2O/c1-17-7-8(6-16)3-12(17)9-4-10(14)13(18-2)11(15)5-9/h4-5,8,12H,3,6-7,16H2,1-2H3. The number of hydrogen-bond donors (Lipinski definition) is 1. The number of likely N-dealkylation sites (tertiary alicyclic amines) is 1. The van der Waals surface area contributed by atoms with E-state index >= 15 is 0 Å². The molecule has 0 saturated carbocycles. The van der Waals surface area contributed by atoms with Crippen LogP contribution in [0.4, 0.5) is 8.78 Å². The molecule has 0 aliphatic carbocycles. The molecule has 1 aliphatic rings. The van der Waals surface area contributed by atoms with E-state index in [0.717, 1.165) is 13.0 Å². The summed E-state index contributed by atoms with van der Waals surface area (Å²) in [4.78, 5) is 2.08. The van der Waals surface area contributed by atoms with Gasteiger partial charge in [0.05, 0.1) is 7.11 Å². The van der Waals surface area contributed by atoms with Crippen LogP contribution in [-0.2, 0) is 0 Å². The van der Waals surface area contributed by atoms with Crippen molar-refractivity contribution >= 4 is 0 Å². The van der Waals surface area contributed by atoms with Crippen molar-refractivity contribution in [3.05, 3.63) is 29.3 Å². The molecule has 0 aromatic heterocycles. The minimum atomic E-state index is -0.655. The first-order valence-electron chi connectivity index (χ1n) is 6.00. The van der Waals surface area contributed by atoms with Crippen LogP contribution in [0.2, 0.25) is 0 Å². The largest absolute Gasteiger partial charge is 0.491 e. The fourth-order valence-corrected chi connectivity index (χ4v) is 2.63. The fraction of sp³-hybridized carbons (Fsp3) is 0.538. The van der Waals surface area contributed by atoms with Gasteiger partial charge in [-0.1, -0.05) is 0 Å². The van der Waals surface area contributed by atoms with E-state index in [4.69, 9.17) is 5.73 Å². The van der Waals surface area contributed by atoms with Crippen LogP contribution in [0.25, 0.3) is 0 Å². The molecule has 1 aromatic carbocycles. The Kier molecular flexibility index (Phi) is 3.82. The number of ether oxygens (including phenoxy) is 1. The first-order valence-corrected chi connectivity index (χ1v) is 6.00. The first-order chi connectivity index (χ1) is 8.56. The van der Waals surface area contributed by atoms with E-state index in [2.05, 4.69) is 9.64 Å². The van der Waals surface area contributed by atoms with E-state index in [9.17, 15) is 8.78 Å². The summed E-state index contributed by atoms with van der Waals surface area (Å²) in [5.41, 5.74) is 6.29. The van der Waals surface area contributed by atoms with Crippen molar-refractivity contribution in [3.63, 3.8) is 0 Å². The molecule has 1 aliphatic heterocycles. The maximum absolute atomic E-state index is 13.7. The highest BCUT2D eigenvalue weighted by atomic mass is 19.1. The van der Waals surface area contributed by atoms with E-state index in [0.29, 0.717) is 18.0 Å². The third-order valence-electron chi connectivity index (χ3n) is 3.58. The Hall–Kier alpha value is -1.20. The molecule has 0 radical (unpaired) electrons. The van der Waals surface area contributed by atoms with Crippen LogP contribution in [0.1, 0.15) is 18.0 Å². The number of halogens is 2. The summed E-state index contributed by atoms with van der Waals surface area (Å²) in [5, 5.41) is 0. The predicted molar refractivity (Wildman–Crippen MR) is 65.4 cm³/mol. The molecular formula is C13H18F2N2O. The molecule has 2 atom stereocenters. The third-order valence-corrected chi connectivity index (χ3v) is 3.58. The fourth-order valence-electron chi connectivity index (χ4n) is 2.63. The van der Waals surface area contributed by atoms with Crippen molar-refractivity contribution in [2.75, 3.05) is 27.2 Å².